The van der Waals surface area contributed by atoms with Gasteiger partial charge >= 0.3 is 5.00 Å². The van der Waals surface area contributed by atoms with Crippen molar-refractivity contribution in [3.63, 3.8) is 0 Å². The normalized spacial score (nSPS) is 10.6. The molecule has 0 radical (unpaired) electrons. The van der Waals surface area contributed by atoms with Gasteiger partial charge < -0.3 is 5.73 Å². The van der Waals surface area contributed by atoms with Crippen molar-refractivity contribution in [2.45, 2.75) is 13.5 Å². The third-order valence-corrected chi connectivity index (χ3v) is 3.01. The van der Waals surface area contributed by atoms with E-state index >= 15 is 0 Å². The fourth-order valence-corrected chi connectivity index (χ4v) is 2.13. The summed E-state index contributed by atoms with van der Waals surface area (Å²) in [5.74, 6) is 0.561. The van der Waals surface area contributed by atoms with Crippen LogP contribution in [0.25, 0.3) is 0 Å². The van der Waals surface area contributed by atoms with Crippen molar-refractivity contribution in [1.82, 2.24) is 9.78 Å². The van der Waals surface area contributed by atoms with Crippen LogP contribution in [0.3, 0.4) is 0 Å². The maximum absolute atomic E-state index is 10.5. The second-order valence-electron chi connectivity index (χ2n) is 3.42. The molecular formula is C9H10N4O2S. The van der Waals surface area contributed by atoms with E-state index in [2.05, 4.69) is 5.10 Å². The Labute approximate surface area is 95.5 Å². The van der Waals surface area contributed by atoms with Crippen LogP contribution < -0.4 is 5.73 Å². The molecule has 0 aliphatic carbocycles. The van der Waals surface area contributed by atoms with Gasteiger partial charge in [0, 0.05) is 17.5 Å². The summed E-state index contributed by atoms with van der Waals surface area (Å²) in [7, 11) is 0. The molecule has 0 aromatic carbocycles. The van der Waals surface area contributed by atoms with Gasteiger partial charge in [0.05, 0.1) is 17.2 Å². The van der Waals surface area contributed by atoms with Gasteiger partial charge in [-0.2, -0.15) is 5.10 Å². The Kier molecular flexibility index (Phi) is 2.61. The first-order valence-corrected chi connectivity index (χ1v) is 5.46. The number of hydrogen-bond acceptors (Lipinski definition) is 5. The van der Waals surface area contributed by atoms with Crippen LogP contribution in [-0.2, 0) is 6.54 Å². The summed E-state index contributed by atoms with van der Waals surface area (Å²) in [6.07, 6.45) is 0. The van der Waals surface area contributed by atoms with E-state index < -0.39 is 4.92 Å². The van der Waals surface area contributed by atoms with E-state index in [4.69, 9.17) is 5.73 Å². The number of thiophene rings is 1. The van der Waals surface area contributed by atoms with E-state index in [1.165, 1.54) is 0 Å². The van der Waals surface area contributed by atoms with E-state index in [0.717, 1.165) is 22.6 Å². The zero-order valence-corrected chi connectivity index (χ0v) is 9.40. The Hall–Kier alpha value is -1.89. The Morgan fingerprint density at radius 2 is 2.38 bits per heavy atom. The summed E-state index contributed by atoms with van der Waals surface area (Å²) in [4.78, 5) is 10.1. The monoisotopic (exact) mass is 238 g/mol. The molecule has 2 aromatic heterocycles. The molecule has 7 heteroatoms. The summed E-state index contributed by atoms with van der Waals surface area (Å²) < 4.78 is 1.63. The van der Waals surface area contributed by atoms with Crippen LogP contribution in [0.2, 0.25) is 0 Å². The third-order valence-electron chi connectivity index (χ3n) is 2.09. The fourth-order valence-electron chi connectivity index (χ4n) is 1.41. The Bertz CT molecular complexity index is 531. The highest BCUT2D eigenvalue weighted by atomic mass is 32.1. The average molecular weight is 238 g/mol. The SMILES string of the molecule is Cc1cc(N)n(Cc2csc([N+](=O)[O-])c2)n1. The van der Waals surface area contributed by atoms with E-state index in [1.54, 1.807) is 22.2 Å². The molecule has 0 aliphatic rings. The number of rotatable bonds is 3. The molecule has 0 atom stereocenters. The molecule has 0 amide bonds. The second-order valence-corrected chi connectivity index (χ2v) is 4.31. The molecule has 2 rings (SSSR count). The first-order chi connectivity index (χ1) is 7.56. The molecule has 0 unspecified atom stereocenters. The van der Waals surface area contributed by atoms with Crippen LogP contribution in [0, 0.1) is 17.0 Å². The Morgan fingerprint density at radius 3 is 2.88 bits per heavy atom. The van der Waals surface area contributed by atoms with Gasteiger partial charge in [0.2, 0.25) is 0 Å². The quantitative estimate of drug-likeness (QED) is 0.652. The zero-order valence-electron chi connectivity index (χ0n) is 8.58. The van der Waals surface area contributed by atoms with Crippen molar-refractivity contribution < 1.29 is 4.92 Å². The number of nitro groups is 1. The second kappa shape index (κ2) is 3.93. The lowest BCUT2D eigenvalue weighted by Gasteiger charge is -2.00. The summed E-state index contributed by atoms with van der Waals surface area (Å²) in [6.45, 7) is 2.31. The molecule has 0 saturated heterocycles. The van der Waals surface area contributed by atoms with Crippen molar-refractivity contribution in [3.05, 3.63) is 38.9 Å². The molecule has 2 heterocycles. The number of aromatic nitrogens is 2. The van der Waals surface area contributed by atoms with E-state index in [1.807, 2.05) is 6.92 Å². The van der Waals surface area contributed by atoms with E-state index in [-0.39, 0.29) is 5.00 Å². The number of nitrogens with two attached hydrogens (primary N) is 1. The van der Waals surface area contributed by atoms with Crippen molar-refractivity contribution in [3.8, 4) is 0 Å². The molecule has 0 aliphatic heterocycles. The minimum Gasteiger partial charge on any atom is -0.384 e. The lowest BCUT2D eigenvalue weighted by Crippen LogP contribution is -2.05. The Balaban J connectivity index is 2.20. The standard InChI is InChI=1S/C9H10N4O2S/c1-6-2-8(10)12(11-6)4-7-3-9(13(14)15)16-5-7/h2-3,5H,4,10H2,1H3. The predicted octanol–water partition coefficient (Wildman–Crippen LogP) is 1.79. The molecule has 0 saturated carbocycles. The number of hydrogen-bond donors (Lipinski definition) is 1. The summed E-state index contributed by atoms with van der Waals surface area (Å²) in [5, 5.41) is 16.6. The van der Waals surface area contributed by atoms with E-state index in [9.17, 15) is 10.1 Å². The van der Waals surface area contributed by atoms with E-state index in [0.29, 0.717) is 12.4 Å². The largest absolute Gasteiger partial charge is 0.384 e. The van der Waals surface area contributed by atoms with Crippen LogP contribution in [0.1, 0.15) is 11.3 Å². The van der Waals surface area contributed by atoms with Crippen LogP contribution in [0.15, 0.2) is 17.5 Å². The Morgan fingerprint density at radius 1 is 1.62 bits per heavy atom. The molecule has 2 aromatic rings. The fraction of sp³-hybridized carbons (Fsp3) is 0.222. The highest BCUT2D eigenvalue weighted by molar-refractivity contribution is 7.13. The van der Waals surface area contributed by atoms with Gasteiger partial charge in [-0.3, -0.25) is 10.1 Å². The van der Waals surface area contributed by atoms with Gasteiger partial charge in [-0.15, -0.1) is 0 Å². The molecule has 0 spiro atoms. The number of anilines is 1. The molecule has 16 heavy (non-hydrogen) atoms. The minimum atomic E-state index is -0.397. The predicted molar refractivity (Wildman–Crippen MR) is 61.5 cm³/mol. The molecule has 6 nitrogen and oxygen atoms in total. The lowest BCUT2D eigenvalue weighted by atomic mass is 10.3. The van der Waals surface area contributed by atoms with Crippen molar-refractivity contribution in [2.75, 3.05) is 5.73 Å². The van der Waals surface area contributed by atoms with Crippen molar-refractivity contribution >= 4 is 22.2 Å². The van der Waals surface area contributed by atoms with Crippen molar-refractivity contribution in [2.24, 2.45) is 0 Å². The highest BCUT2D eigenvalue weighted by Crippen LogP contribution is 2.23. The van der Waals surface area contributed by atoms with Crippen LogP contribution in [-0.4, -0.2) is 14.7 Å². The summed E-state index contributed by atoms with van der Waals surface area (Å²) in [6, 6.07) is 3.31. The van der Waals surface area contributed by atoms with Crippen LogP contribution in [0.5, 0.6) is 0 Å². The molecule has 0 bridgehead atoms. The molecule has 0 fully saturated rings. The highest BCUT2D eigenvalue weighted by Gasteiger charge is 2.11. The summed E-state index contributed by atoms with van der Waals surface area (Å²) >= 11 is 1.11. The molecular weight excluding hydrogens is 228 g/mol. The third kappa shape index (κ3) is 2.03. The average Bonchev–Trinajstić information content (AvgIpc) is 2.75. The molecule has 84 valence electrons. The first-order valence-electron chi connectivity index (χ1n) is 4.58. The van der Waals surface area contributed by atoms with Gasteiger partial charge in [0.25, 0.3) is 0 Å². The number of aryl methyl sites for hydroxylation is 1. The van der Waals surface area contributed by atoms with Gasteiger partial charge in [-0.25, -0.2) is 4.68 Å². The molecule has 2 N–H and O–H groups in total. The first kappa shape index (κ1) is 10.6. The van der Waals surface area contributed by atoms with Gasteiger partial charge in [-0.05, 0) is 12.5 Å². The van der Waals surface area contributed by atoms with Crippen LogP contribution >= 0.6 is 11.3 Å². The minimum absolute atomic E-state index is 0.137. The van der Waals surface area contributed by atoms with Gasteiger partial charge in [-0.1, -0.05) is 11.3 Å². The maximum atomic E-state index is 10.5. The van der Waals surface area contributed by atoms with Gasteiger partial charge in [0.1, 0.15) is 5.82 Å². The van der Waals surface area contributed by atoms with Crippen LogP contribution in [0.4, 0.5) is 10.8 Å². The zero-order chi connectivity index (χ0) is 11.7. The number of nitrogens with zero attached hydrogens (tertiary/aromatic N) is 3. The number of nitrogen functional groups attached to an aromatic ring is 1. The summed E-state index contributed by atoms with van der Waals surface area (Å²) in [5.41, 5.74) is 7.40. The smallest absolute Gasteiger partial charge is 0.324 e. The topological polar surface area (TPSA) is 87.0 Å². The van der Waals surface area contributed by atoms with Gasteiger partial charge in [0.15, 0.2) is 0 Å². The van der Waals surface area contributed by atoms with Crippen molar-refractivity contribution in [1.29, 1.82) is 0 Å². The lowest BCUT2D eigenvalue weighted by molar-refractivity contribution is -0.380. The maximum Gasteiger partial charge on any atom is 0.324 e.